The molecule has 8 atom stereocenters. The van der Waals surface area contributed by atoms with Crippen molar-refractivity contribution in [3.05, 3.63) is 168 Å². The topological polar surface area (TPSA) is 585 Å². The minimum absolute atomic E-state index is 0.0162. The molecule has 14 heterocycles. The average Bonchev–Trinajstić information content (AvgIpc) is 1.60. The molecule has 5 amide bonds. The number of aromatic carboxylic acids is 1. The van der Waals surface area contributed by atoms with Gasteiger partial charge in [0.2, 0.25) is 0 Å². The van der Waals surface area contributed by atoms with Crippen molar-refractivity contribution in [1.29, 1.82) is 0 Å². The van der Waals surface area contributed by atoms with E-state index in [0.29, 0.717) is 110 Å². The van der Waals surface area contributed by atoms with E-state index in [2.05, 4.69) is 66.9 Å². The molecule has 0 unspecified atom stereocenters. The molecular formula is C102H139Cl2N25O21. The number of fused-ring (bicyclic) bond motifs is 4. The molecule has 46 nitrogen and oxygen atoms in total. The molecule has 11 aromatic rings. The van der Waals surface area contributed by atoms with Crippen LogP contribution in [0.25, 0.3) is 22.6 Å². The van der Waals surface area contributed by atoms with Gasteiger partial charge in [0, 0.05) is 141 Å². The molecular weight excluding hydrogens is 1980 g/mol. The summed E-state index contributed by atoms with van der Waals surface area (Å²) in [6.45, 7) is 26.8. The Morgan fingerprint density at radius 2 is 0.807 bits per heavy atom. The fourth-order valence-corrected chi connectivity index (χ4v) is 19.1. The highest BCUT2D eigenvalue weighted by Crippen LogP contribution is 2.40. The lowest BCUT2D eigenvalue weighted by molar-refractivity contribution is 0.0181. The van der Waals surface area contributed by atoms with Crippen molar-refractivity contribution in [3.63, 3.8) is 0 Å². The number of nitrogens with two attached hydrogens (primary N) is 2. The second-order valence-corrected chi connectivity index (χ2v) is 43.2. The van der Waals surface area contributed by atoms with E-state index in [4.69, 9.17) is 68.2 Å². The summed E-state index contributed by atoms with van der Waals surface area (Å²) in [5, 5.41) is 82.3. The molecule has 18 rings (SSSR count). The highest BCUT2D eigenvalue weighted by atomic mass is 35.5. The lowest BCUT2D eigenvalue weighted by Crippen LogP contribution is -2.47. The second kappa shape index (κ2) is 47.5. The highest BCUT2D eigenvalue weighted by Gasteiger charge is 2.43. The third kappa shape index (κ3) is 27.9. The Bertz CT molecular complexity index is 6890. The summed E-state index contributed by atoms with van der Waals surface area (Å²) in [5.74, 6) is -0.151. The van der Waals surface area contributed by atoms with E-state index in [-0.39, 0.29) is 127 Å². The van der Waals surface area contributed by atoms with Crippen LogP contribution in [0.4, 0.5) is 66.4 Å². The SMILES string of the molecule is CN(C(=O)OC(C)(C)C)c1cc(Cl)nc2c(C(=O)C[C@H]3CCC[C@]3(C)O)cnn12.CN(C(=O)OC(C)(C)C)c1cc(Cl)nc2c(C(=O)O)cnn12.CN(C(=O)OC(C)(C)C)c1cc(Nc2cccn(C3CCOCC3)c2=O)nc2c(C(=O)N[C@H]3CCC[C@]3(C)O)cnn12.CNc1cc(Nc2cccn(C3CCOCC3)c2=O)nc2c(C(=O)N[C@H]3CCC[C@]3(C)O)cnn12.C[C@]1(O)CCC[C@@H]1N.Nc1cccn(C2CCOCC2)c1=O. The maximum absolute atomic E-state index is 13.4. The van der Waals surface area contributed by atoms with E-state index in [0.717, 1.165) is 103 Å². The fourth-order valence-electron chi connectivity index (χ4n) is 18.8. The Labute approximate surface area is 876 Å². The van der Waals surface area contributed by atoms with Crippen LogP contribution >= 0.6 is 23.2 Å². The van der Waals surface area contributed by atoms with Crippen LogP contribution in [0.1, 0.15) is 272 Å². The zero-order valence-corrected chi connectivity index (χ0v) is 89.3. The van der Waals surface area contributed by atoms with Crippen molar-refractivity contribution < 1.29 is 87.5 Å². The number of hydrogen-bond acceptors (Lipinski definition) is 33. The Morgan fingerprint density at radius 3 is 1.17 bits per heavy atom. The van der Waals surface area contributed by atoms with Gasteiger partial charge in [-0.25, -0.2) is 39.1 Å². The van der Waals surface area contributed by atoms with Crippen LogP contribution < -0.4 is 69.4 Å². The number of nitrogens with zero attached hydrogens (tertiary/aromatic N) is 18. The Kier molecular flexibility index (Phi) is 36.0. The molecule has 4 saturated carbocycles. The molecule has 14 N–H and O–H groups in total. The standard InChI is InChI=1S/C29H39N7O6.C24H31N7O4.C20H27ClN4O4.C13H15ClN4O4.C10H14N2O2.C6H13NO/c1-28(2,3)42-27(39)34(5)23-16-22(31-20-8-7-13-35(26(20)38)18-10-14-41-15-11-18)33-24-19(17-30-36(23)24)25(37)32-21-9-6-12-29(21,4)40;1-24(34)9-3-6-18(24)28-22(32)16-14-26-31-20(25-2)13-19(29-21(16)31)27-17-5-4-10-30(23(17)33)15-7-11-35-12-8-15;1-19(2,3)29-18(27)24(5)16-10-15(21)23-17-13(11-22-25(16)17)14(26)9-12-7-6-8-20(12,4)28;1-13(2,3)22-12(21)17(4)9-5-8(14)16-10-7(11(19)20)6-15-18(9)10;11-9-2-1-5-12(10(9)13)8-3-6-14-7-4-8;1-6(8)4-2-3-5(6)7/h7-8,13,16-18,21,40H,6,9-12,14-15H2,1-5H3,(H,31,33)(H,32,37);4-5,10,13-15,18,25,34H,3,6-9,11-12H2,1-2H3,(H,27,29)(H,28,32);10-12,28H,6-9H2,1-5H3;5-6H,1-4H3,(H,19,20);1-2,5,8H,3-4,6-7,11H2;5,8H,2-4,7H2,1H3/t21-,29-;18-,24-;12-,20+;;;5-,6-/m001..0/s1. The van der Waals surface area contributed by atoms with E-state index >= 15 is 0 Å². The molecule has 0 bridgehead atoms. The van der Waals surface area contributed by atoms with E-state index in [9.17, 15) is 68.4 Å². The Hall–Kier alpha value is -13.3. The van der Waals surface area contributed by atoms with E-state index in [1.807, 2.05) is 19.1 Å². The van der Waals surface area contributed by atoms with Crippen molar-refractivity contribution >= 4 is 140 Å². The number of aliphatic hydroxyl groups is 4. The number of rotatable bonds is 19. The lowest BCUT2D eigenvalue weighted by atomic mass is 9.87. The van der Waals surface area contributed by atoms with E-state index in [1.165, 1.54) is 84.6 Å². The van der Waals surface area contributed by atoms with Crippen molar-refractivity contribution in [3.8, 4) is 0 Å². The summed E-state index contributed by atoms with van der Waals surface area (Å²) in [4.78, 5) is 148. The number of ether oxygens (including phenoxy) is 6. The third-order valence-electron chi connectivity index (χ3n) is 27.3. The van der Waals surface area contributed by atoms with Crippen LogP contribution in [-0.2, 0) is 28.4 Å². The molecule has 48 heteroatoms. The highest BCUT2D eigenvalue weighted by molar-refractivity contribution is 6.30. The third-order valence-corrected chi connectivity index (χ3v) is 27.7. The number of carboxylic acids is 1. The van der Waals surface area contributed by atoms with Gasteiger partial charge in [-0.1, -0.05) is 29.6 Å². The predicted molar refractivity (Wildman–Crippen MR) is 564 cm³/mol. The van der Waals surface area contributed by atoms with Gasteiger partial charge in [-0.05, 0) is 241 Å². The number of hydrogen-bond donors (Lipinski definition) is 12. The average molecular weight is 2120 g/mol. The number of carbonyl (C=O) groups excluding carboxylic acids is 6. The molecule has 0 aromatic carbocycles. The van der Waals surface area contributed by atoms with Crippen LogP contribution in [0.5, 0.6) is 0 Å². The monoisotopic (exact) mass is 2120 g/mol. The first-order valence-corrected chi connectivity index (χ1v) is 51.0. The van der Waals surface area contributed by atoms with Crippen LogP contribution in [0, 0.1) is 5.92 Å². The van der Waals surface area contributed by atoms with Crippen LogP contribution in [0.2, 0.25) is 10.3 Å². The normalized spacial score (nSPS) is 21.5. The molecule has 0 radical (unpaired) electrons. The molecule has 0 spiro atoms. The summed E-state index contributed by atoms with van der Waals surface area (Å²) in [6.07, 6.45) is 23.6. The number of nitrogen functional groups attached to an aromatic ring is 1. The molecule has 150 heavy (non-hydrogen) atoms. The zero-order valence-electron chi connectivity index (χ0n) is 87.8. The Morgan fingerprint density at radius 1 is 0.460 bits per heavy atom. The number of ketones is 1. The predicted octanol–water partition coefficient (Wildman–Crippen LogP) is 12.8. The number of carboxylic acid groups (broad SMARTS) is 1. The largest absolute Gasteiger partial charge is 0.477 e. The molecule has 812 valence electrons. The fraction of sp³-hybridized carbons (Fsp3) is 0.549. The van der Waals surface area contributed by atoms with Crippen LogP contribution in [0.3, 0.4) is 0 Å². The maximum Gasteiger partial charge on any atom is 0.415 e. The smallest absolute Gasteiger partial charge is 0.415 e. The van der Waals surface area contributed by atoms with Gasteiger partial charge in [0.05, 0.1) is 70.5 Å². The van der Waals surface area contributed by atoms with Crippen molar-refractivity contribution in [2.45, 2.75) is 287 Å². The lowest BCUT2D eigenvalue weighted by Gasteiger charge is -2.26. The first kappa shape index (κ1) is 114. The van der Waals surface area contributed by atoms with Gasteiger partial charge < -0.3 is 106 Å². The minimum atomic E-state index is -1.18. The maximum atomic E-state index is 13.4. The molecule has 7 fully saturated rings. The summed E-state index contributed by atoms with van der Waals surface area (Å²) in [5.41, 5.74) is 7.73. The van der Waals surface area contributed by atoms with Crippen molar-refractivity contribution in [2.75, 3.05) is 104 Å². The number of anilines is 9. The summed E-state index contributed by atoms with van der Waals surface area (Å²) in [7, 11) is 6.29. The minimum Gasteiger partial charge on any atom is -0.477 e. The number of amides is 5. The molecule has 3 saturated heterocycles. The van der Waals surface area contributed by atoms with Crippen molar-refractivity contribution in [1.82, 2.24) is 82.7 Å². The first-order valence-electron chi connectivity index (χ1n) is 50.3. The number of aromatic nitrogens is 15. The first-order chi connectivity index (χ1) is 70.6. The van der Waals surface area contributed by atoms with Gasteiger partial charge in [-0.15, -0.1) is 0 Å². The van der Waals surface area contributed by atoms with Gasteiger partial charge in [0.1, 0.15) is 90.1 Å². The Balaban J connectivity index is 0.000000158. The second-order valence-electron chi connectivity index (χ2n) is 42.5. The quantitative estimate of drug-likeness (QED) is 0.0203. The van der Waals surface area contributed by atoms with Gasteiger partial charge >= 0.3 is 24.2 Å². The molecule has 7 aliphatic rings. The number of halogens is 2. The van der Waals surface area contributed by atoms with Crippen LogP contribution in [0.15, 0.2) is 118 Å². The number of pyridine rings is 3. The van der Waals surface area contributed by atoms with E-state index in [1.54, 1.807) is 159 Å². The summed E-state index contributed by atoms with van der Waals surface area (Å²) in [6, 6.07) is 16.3. The van der Waals surface area contributed by atoms with Gasteiger partial charge in [0.25, 0.3) is 28.5 Å². The van der Waals surface area contributed by atoms with Crippen molar-refractivity contribution in [2.24, 2.45) is 11.7 Å². The number of Topliss-reactive ketones (excluding diaryl/α,β-unsaturated/α-hetero) is 1. The van der Waals surface area contributed by atoms with Gasteiger partial charge in [-0.3, -0.25) is 43.5 Å². The summed E-state index contributed by atoms with van der Waals surface area (Å²) >= 11 is 12.1. The van der Waals surface area contributed by atoms with Gasteiger partial charge in [-0.2, -0.15) is 38.5 Å². The number of carbonyl (C=O) groups is 7. The molecule has 3 aliphatic heterocycles. The number of nitrogens with one attached hydrogen (secondary N) is 5. The van der Waals surface area contributed by atoms with Crippen LogP contribution in [-0.4, -0.2) is 265 Å². The summed E-state index contributed by atoms with van der Waals surface area (Å²) < 4.78 is 43.0. The molecule has 4 aliphatic carbocycles. The molecule has 11 aromatic heterocycles. The zero-order chi connectivity index (χ0) is 109. The van der Waals surface area contributed by atoms with Gasteiger partial charge in [0.15, 0.2) is 28.4 Å². The van der Waals surface area contributed by atoms with E-state index < -0.39 is 75.4 Å².